The molecule has 0 spiro atoms. The summed E-state index contributed by atoms with van der Waals surface area (Å²) >= 11 is 0. The minimum Gasteiger partial charge on any atom is -0.480 e. The SMILES string of the molecule is CCN(CC(N)=O)C(=O)N(CC(=O)O)C(C)(C)C. The molecule has 0 fully saturated rings. The molecule has 0 aliphatic carbocycles. The van der Waals surface area contributed by atoms with Crippen LogP contribution in [0, 0.1) is 0 Å². The van der Waals surface area contributed by atoms with Gasteiger partial charge in [0, 0.05) is 12.1 Å². The third-order valence-corrected chi connectivity index (χ3v) is 2.33. The Bertz CT molecular complexity index is 336. The van der Waals surface area contributed by atoms with Crippen molar-refractivity contribution in [3.05, 3.63) is 0 Å². The van der Waals surface area contributed by atoms with Gasteiger partial charge in [0.1, 0.15) is 13.1 Å². The molecule has 0 aliphatic heterocycles. The van der Waals surface area contributed by atoms with Gasteiger partial charge >= 0.3 is 12.0 Å². The third-order valence-electron chi connectivity index (χ3n) is 2.33. The Morgan fingerprint density at radius 3 is 1.94 bits per heavy atom. The molecule has 0 unspecified atom stereocenters. The number of nitrogens with zero attached hydrogens (tertiary/aromatic N) is 2. The topological polar surface area (TPSA) is 104 Å². The maximum Gasteiger partial charge on any atom is 0.323 e. The highest BCUT2D eigenvalue weighted by Crippen LogP contribution is 2.15. The van der Waals surface area contributed by atoms with E-state index in [9.17, 15) is 14.4 Å². The number of carbonyl (C=O) groups excluding carboxylic acids is 2. The summed E-state index contributed by atoms with van der Waals surface area (Å²) in [5.74, 6) is -1.73. The number of likely N-dealkylation sites (N-methyl/N-ethyl adjacent to an activating group) is 1. The van der Waals surface area contributed by atoms with Crippen molar-refractivity contribution >= 4 is 17.9 Å². The molecule has 3 amide bonds. The molecule has 7 heteroatoms. The summed E-state index contributed by atoms with van der Waals surface area (Å²) in [6, 6.07) is -0.508. The van der Waals surface area contributed by atoms with Crippen molar-refractivity contribution in [2.24, 2.45) is 5.73 Å². The highest BCUT2D eigenvalue weighted by Gasteiger charge is 2.31. The molecule has 18 heavy (non-hydrogen) atoms. The van der Waals surface area contributed by atoms with Gasteiger partial charge < -0.3 is 20.6 Å². The van der Waals surface area contributed by atoms with Crippen LogP contribution < -0.4 is 5.73 Å². The number of carboxylic acids is 1. The van der Waals surface area contributed by atoms with Gasteiger partial charge in [-0.25, -0.2) is 4.79 Å². The lowest BCUT2D eigenvalue weighted by Crippen LogP contribution is -2.55. The Kier molecular flexibility index (Phi) is 5.61. The van der Waals surface area contributed by atoms with Gasteiger partial charge in [0.25, 0.3) is 0 Å². The molecule has 0 saturated carbocycles. The Labute approximate surface area is 107 Å². The van der Waals surface area contributed by atoms with E-state index in [1.54, 1.807) is 27.7 Å². The van der Waals surface area contributed by atoms with Crippen LogP contribution in [0.4, 0.5) is 4.79 Å². The summed E-state index contributed by atoms with van der Waals surface area (Å²) in [6.45, 7) is 6.53. The number of hydrogen-bond acceptors (Lipinski definition) is 3. The van der Waals surface area contributed by atoms with Crippen molar-refractivity contribution in [1.82, 2.24) is 9.80 Å². The highest BCUT2D eigenvalue weighted by atomic mass is 16.4. The van der Waals surface area contributed by atoms with Gasteiger partial charge in [0.2, 0.25) is 5.91 Å². The van der Waals surface area contributed by atoms with Crippen LogP contribution in [0.3, 0.4) is 0 Å². The maximum absolute atomic E-state index is 12.2. The summed E-state index contributed by atoms with van der Waals surface area (Å²) in [5, 5.41) is 8.83. The molecular formula is C11H21N3O4. The second-order valence-electron chi connectivity index (χ2n) is 4.91. The minimum absolute atomic E-state index is 0.221. The van der Waals surface area contributed by atoms with Gasteiger partial charge in [-0.2, -0.15) is 0 Å². The van der Waals surface area contributed by atoms with Gasteiger partial charge in [-0.15, -0.1) is 0 Å². The van der Waals surface area contributed by atoms with Crippen LogP contribution in [0.25, 0.3) is 0 Å². The van der Waals surface area contributed by atoms with Crippen molar-refractivity contribution < 1.29 is 19.5 Å². The first-order valence-electron chi connectivity index (χ1n) is 5.66. The zero-order valence-corrected chi connectivity index (χ0v) is 11.3. The zero-order valence-electron chi connectivity index (χ0n) is 11.3. The molecule has 0 aromatic carbocycles. The minimum atomic E-state index is -1.10. The second-order valence-corrected chi connectivity index (χ2v) is 4.91. The number of rotatable bonds is 5. The van der Waals surface area contributed by atoms with Gasteiger partial charge in [-0.1, -0.05) is 0 Å². The Morgan fingerprint density at radius 1 is 1.17 bits per heavy atom. The lowest BCUT2D eigenvalue weighted by molar-refractivity contribution is -0.138. The Hall–Kier alpha value is -1.79. The number of urea groups is 1. The highest BCUT2D eigenvalue weighted by molar-refractivity contribution is 5.85. The van der Waals surface area contributed by atoms with E-state index in [1.807, 2.05) is 0 Å². The summed E-state index contributed by atoms with van der Waals surface area (Å²) in [4.78, 5) is 36.2. The number of carboxylic acid groups (broad SMARTS) is 1. The van der Waals surface area contributed by atoms with Gasteiger partial charge in [0.15, 0.2) is 0 Å². The fourth-order valence-electron chi connectivity index (χ4n) is 1.40. The summed E-state index contributed by atoms with van der Waals surface area (Å²) in [7, 11) is 0. The average Bonchev–Trinajstić information content (AvgIpc) is 2.19. The van der Waals surface area contributed by atoms with E-state index in [4.69, 9.17) is 10.8 Å². The van der Waals surface area contributed by atoms with E-state index in [0.29, 0.717) is 0 Å². The van der Waals surface area contributed by atoms with Crippen LogP contribution in [-0.4, -0.2) is 58.0 Å². The number of primary amides is 1. The van der Waals surface area contributed by atoms with E-state index < -0.39 is 30.0 Å². The van der Waals surface area contributed by atoms with E-state index in [1.165, 1.54) is 9.80 Å². The van der Waals surface area contributed by atoms with E-state index in [0.717, 1.165) is 0 Å². The maximum atomic E-state index is 12.2. The third kappa shape index (κ3) is 5.03. The van der Waals surface area contributed by atoms with Gasteiger partial charge in [-0.3, -0.25) is 9.59 Å². The molecule has 0 aromatic heterocycles. The molecule has 0 aliphatic rings. The van der Waals surface area contributed by atoms with Gasteiger partial charge in [0.05, 0.1) is 0 Å². The average molecular weight is 259 g/mol. The van der Waals surface area contributed by atoms with Gasteiger partial charge in [-0.05, 0) is 27.7 Å². The van der Waals surface area contributed by atoms with Crippen LogP contribution in [0.15, 0.2) is 0 Å². The van der Waals surface area contributed by atoms with Crippen molar-refractivity contribution in [1.29, 1.82) is 0 Å². The lowest BCUT2D eigenvalue weighted by atomic mass is 10.1. The number of amides is 3. The van der Waals surface area contributed by atoms with Crippen molar-refractivity contribution in [2.75, 3.05) is 19.6 Å². The molecule has 104 valence electrons. The molecule has 0 aromatic rings. The predicted molar refractivity (Wildman–Crippen MR) is 65.9 cm³/mol. The van der Waals surface area contributed by atoms with Crippen LogP contribution in [0.1, 0.15) is 27.7 Å². The monoisotopic (exact) mass is 259 g/mol. The van der Waals surface area contributed by atoms with Crippen LogP contribution >= 0.6 is 0 Å². The summed E-state index contributed by atoms with van der Waals surface area (Å²) in [5.41, 5.74) is 4.40. The number of carbonyl (C=O) groups is 3. The van der Waals surface area contributed by atoms with Crippen LogP contribution in [-0.2, 0) is 9.59 Å². The first-order chi connectivity index (χ1) is 8.09. The largest absolute Gasteiger partial charge is 0.480 e. The molecule has 7 nitrogen and oxygen atoms in total. The molecule has 0 saturated heterocycles. The fourth-order valence-corrected chi connectivity index (χ4v) is 1.40. The predicted octanol–water partition coefficient (Wildman–Crippen LogP) is 0.0987. The smallest absolute Gasteiger partial charge is 0.323 e. The Balaban J connectivity index is 5.04. The van der Waals surface area contributed by atoms with Crippen LogP contribution in [0.2, 0.25) is 0 Å². The number of aliphatic carboxylic acids is 1. The molecule has 0 heterocycles. The lowest BCUT2D eigenvalue weighted by Gasteiger charge is -2.37. The summed E-state index contributed by atoms with van der Waals surface area (Å²) in [6.07, 6.45) is 0. The molecule has 3 N–H and O–H groups in total. The van der Waals surface area contributed by atoms with Crippen molar-refractivity contribution in [3.63, 3.8) is 0 Å². The van der Waals surface area contributed by atoms with E-state index >= 15 is 0 Å². The molecule has 0 radical (unpaired) electrons. The zero-order chi connectivity index (χ0) is 14.5. The second kappa shape index (κ2) is 6.23. The molecule has 0 atom stereocenters. The molecular weight excluding hydrogens is 238 g/mol. The summed E-state index contributed by atoms with van der Waals surface area (Å²) < 4.78 is 0. The fraction of sp³-hybridized carbons (Fsp3) is 0.727. The van der Waals surface area contributed by atoms with Crippen LogP contribution in [0.5, 0.6) is 0 Å². The van der Waals surface area contributed by atoms with Crippen molar-refractivity contribution in [2.45, 2.75) is 33.2 Å². The van der Waals surface area contributed by atoms with E-state index in [-0.39, 0.29) is 13.1 Å². The Morgan fingerprint density at radius 2 is 1.67 bits per heavy atom. The first-order valence-corrected chi connectivity index (χ1v) is 5.66. The first kappa shape index (κ1) is 16.2. The van der Waals surface area contributed by atoms with Crippen molar-refractivity contribution in [3.8, 4) is 0 Å². The number of hydrogen-bond donors (Lipinski definition) is 2. The molecule has 0 bridgehead atoms. The number of nitrogens with two attached hydrogens (primary N) is 1. The van der Waals surface area contributed by atoms with E-state index in [2.05, 4.69) is 0 Å². The normalized spacial score (nSPS) is 10.9. The quantitative estimate of drug-likeness (QED) is 0.730. The molecule has 0 rings (SSSR count). The standard InChI is InChI=1S/C11H21N3O4/c1-5-13(6-8(12)15)10(18)14(7-9(16)17)11(2,3)4/h5-7H2,1-4H3,(H2,12,15)(H,16,17).